The molecule has 1 aromatic heterocycles. The Morgan fingerprint density at radius 2 is 1.97 bits per heavy atom. The van der Waals surface area contributed by atoms with E-state index in [2.05, 4.69) is 32.9 Å². The van der Waals surface area contributed by atoms with Gasteiger partial charge in [-0.15, -0.1) is 0 Å². The Balaban J connectivity index is 1.59. The Kier molecular flexibility index (Phi) is 7.57. The predicted molar refractivity (Wildman–Crippen MR) is 144 cm³/mol. The van der Waals surface area contributed by atoms with Crippen molar-refractivity contribution in [2.24, 2.45) is 0 Å². The molecule has 1 fully saturated rings. The summed E-state index contributed by atoms with van der Waals surface area (Å²) in [5.74, 6) is 0.611. The highest BCUT2D eigenvalue weighted by Crippen LogP contribution is 2.41. The maximum absolute atomic E-state index is 13.6. The number of nitrogens with zero attached hydrogens (tertiary/aromatic N) is 3. The molecule has 0 spiro atoms. The van der Waals surface area contributed by atoms with E-state index >= 15 is 0 Å². The predicted octanol–water partition coefficient (Wildman–Crippen LogP) is 4.98. The standard InChI is InChI=1S/C29H38N4O4/c1-6-32(5)23-15-20(14-21(29(2,3)4)27(23)37-13-7-8-25(35)36)24(34)17-33-16-19-11-12-22(18-9-10-18)31-26(19)28(33)30/h11-12,14-15,18,30H,6-10,13,16-17H2,1-5H3,(H,35,36). The molecule has 0 radical (unpaired) electrons. The monoisotopic (exact) mass is 506 g/mol. The first-order valence-corrected chi connectivity index (χ1v) is 13.1. The van der Waals surface area contributed by atoms with Crippen LogP contribution in [-0.4, -0.2) is 59.3 Å². The van der Waals surface area contributed by atoms with E-state index in [-0.39, 0.29) is 30.8 Å². The van der Waals surface area contributed by atoms with Crippen LogP contribution in [0.2, 0.25) is 0 Å². The third-order valence-corrected chi connectivity index (χ3v) is 7.10. The number of anilines is 1. The summed E-state index contributed by atoms with van der Waals surface area (Å²) in [4.78, 5) is 33.1. The van der Waals surface area contributed by atoms with Gasteiger partial charge in [-0.3, -0.25) is 15.0 Å². The number of carbonyl (C=O) groups is 2. The lowest BCUT2D eigenvalue weighted by Gasteiger charge is -2.29. The molecular formula is C29H38N4O4. The van der Waals surface area contributed by atoms with Gasteiger partial charge in [0.25, 0.3) is 0 Å². The highest BCUT2D eigenvalue weighted by Gasteiger charge is 2.32. The zero-order valence-electron chi connectivity index (χ0n) is 22.6. The Morgan fingerprint density at radius 1 is 1.24 bits per heavy atom. The average Bonchev–Trinajstić information content (AvgIpc) is 3.65. The quantitative estimate of drug-likeness (QED) is 0.327. The van der Waals surface area contributed by atoms with Gasteiger partial charge in [0.2, 0.25) is 0 Å². The van der Waals surface area contributed by atoms with Crippen molar-refractivity contribution in [2.75, 3.05) is 31.6 Å². The fourth-order valence-electron chi connectivity index (χ4n) is 4.61. The second-order valence-electron chi connectivity index (χ2n) is 11.1. The molecule has 0 atom stereocenters. The SMILES string of the molecule is CCN(C)c1cc(C(=O)CN2Cc3ccc(C4CC4)nc3C2=N)cc(C(C)(C)C)c1OCCCC(=O)O. The Hall–Kier alpha value is -3.42. The number of amidine groups is 1. The van der Waals surface area contributed by atoms with E-state index in [9.17, 15) is 9.59 Å². The van der Waals surface area contributed by atoms with Crippen LogP contribution in [0.4, 0.5) is 5.69 Å². The number of ether oxygens (including phenoxy) is 1. The van der Waals surface area contributed by atoms with E-state index in [0.717, 1.165) is 35.3 Å². The number of hydrogen-bond acceptors (Lipinski definition) is 6. The van der Waals surface area contributed by atoms with Gasteiger partial charge in [0.15, 0.2) is 5.78 Å². The maximum Gasteiger partial charge on any atom is 0.303 e. The zero-order valence-corrected chi connectivity index (χ0v) is 22.6. The summed E-state index contributed by atoms with van der Waals surface area (Å²) in [5.41, 5.74) is 4.73. The van der Waals surface area contributed by atoms with Crippen LogP contribution in [0.15, 0.2) is 24.3 Å². The third-order valence-electron chi connectivity index (χ3n) is 7.10. The van der Waals surface area contributed by atoms with Gasteiger partial charge in [-0.25, -0.2) is 4.98 Å². The lowest BCUT2D eigenvalue weighted by atomic mass is 9.84. The van der Waals surface area contributed by atoms with Crippen LogP contribution < -0.4 is 9.64 Å². The van der Waals surface area contributed by atoms with Crippen LogP contribution in [0.1, 0.15) is 92.2 Å². The fraction of sp³-hybridized carbons (Fsp3) is 0.517. The molecule has 0 bridgehead atoms. The van der Waals surface area contributed by atoms with Crippen molar-refractivity contribution in [3.05, 3.63) is 52.3 Å². The number of hydrogen-bond donors (Lipinski definition) is 2. The van der Waals surface area contributed by atoms with Crippen molar-refractivity contribution < 1.29 is 19.4 Å². The van der Waals surface area contributed by atoms with E-state index in [0.29, 0.717) is 48.3 Å². The first-order valence-electron chi connectivity index (χ1n) is 13.1. The summed E-state index contributed by atoms with van der Waals surface area (Å²) in [5, 5.41) is 17.7. The van der Waals surface area contributed by atoms with E-state index in [1.807, 2.05) is 31.0 Å². The molecule has 2 aliphatic rings. The molecule has 4 rings (SSSR count). The van der Waals surface area contributed by atoms with Crippen molar-refractivity contribution in [1.29, 1.82) is 5.41 Å². The van der Waals surface area contributed by atoms with Crippen LogP contribution in [0.25, 0.3) is 0 Å². The molecule has 2 heterocycles. The number of nitrogens with one attached hydrogen (secondary N) is 1. The zero-order chi connectivity index (χ0) is 26.9. The summed E-state index contributed by atoms with van der Waals surface area (Å²) in [6, 6.07) is 7.88. The molecule has 8 nitrogen and oxygen atoms in total. The molecule has 1 aliphatic heterocycles. The van der Waals surface area contributed by atoms with E-state index in [4.69, 9.17) is 20.2 Å². The molecule has 0 amide bonds. The fourth-order valence-corrected chi connectivity index (χ4v) is 4.61. The smallest absolute Gasteiger partial charge is 0.303 e. The molecule has 0 saturated heterocycles. The van der Waals surface area contributed by atoms with E-state index in [1.54, 1.807) is 4.90 Å². The van der Waals surface area contributed by atoms with Gasteiger partial charge >= 0.3 is 5.97 Å². The molecule has 2 N–H and O–H groups in total. The number of Topliss-reactive ketones (excluding diaryl/α,β-unsaturated/α-hetero) is 1. The summed E-state index contributed by atoms with van der Waals surface area (Å²) in [6.07, 6.45) is 2.76. The minimum atomic E-state index is -0.847. The number of ketones is 1. The first kappa shape index (κ1) is 26.6. The van der Waals surface area contributed by atoms with Gasteiger partial charge in [0.05, 0.1) is 18.8 Å². The van der Waals surface area contributed by atoms with Crippen LogP contribution >= 0.6 is 0 Å². The molecule has 0 unspecified atom stereocenters. The molecule has 8 heteroatoms. The number of carboxylic acids is 1. The van der Waals surface area contributed by atoms with Gasteiger partial charge in [-0.1, -0.05) is 26.8 Å². The van der Waals surface area contributed by atoms with Gasteiger partial charge < -0.3 is 19.6 Å². The van der Waals surface area contributed by atoms with Crippen molar-refractivity contribution in [1.82, 2.24) is 9.88 Å². The van der Waals surface area contributed by atoms with E-state index < -0.39 is 5.97 Å². The minimum Gasteiger partial charge on any atom is -0.491 e. The van der Waals surface area contributed by atoms with Crippen LogP contribution in [0.3, 0.4) is 0 Å². The number of pyridine rings is 1. The highest BCUT2D eigenvalue weighted by atomic mass is 16.5. The molecular weight excluding hydrogens is 468 g/mol. The lowest BCUT2D eigenvalue weighted by molar-refractivity contribution is -0.137. The van der Waals surface area contributed by atoms with Crippen molar-refractivity contribution >= 4 is 23.3 Å². The summed E-state index contributed by atoms with van der Waals surface area (Å²) >= 11 is 0. The number of aliphatic carboxylic acids is 1. The summed E-state index contributed by atoms with van der Waals surface area (Å²) in [6.45, 7) is 9.87. The normalized spacial score (nSPS) is 15.1. The van der Waals surface area contributed by atoms with Gasteiger partial charge in [0, 0.05) is 54.9 Å². The molecule has 1 aliphatic carbocycles. The number of rotatable bonds is 11. The Bertz CT molecular complexity index is 1210. The summed E-state index contributed by atoms with van der Waals surface area (Å²) in [7, 11) is 1.95. The largest absolute Gasteiger partial charge is 0.491 e. The number of aromatic nitrogens is 1. The first-order chi connectivity index (χ1) is 17.5. The molecule has 1 aromatic carbocycles. The highest BCUT2D eigenvalue weighted by molar-refractivity contribution is 6.05. The van der Waals surface area contributed by atoms with Crippen molar-refractivity contribution in [2.45, 2.75) is 71.3 Å². The molecule has 37 heavy (non-hydrogen) atoms. The summed E-state index contributed by atoms with van der Waals surface area (Å²) < 4.78 is 6.16. The Labute approximate surface area is 219 Å². The van der Waals surface area contributed by atoms with Crippen LogP contribution in [0, 0.1) is 5.41 Å². The molecule has 198 valence electrons. The number of fused-ring (bicyclic) bond motifs is 1. The Morgan fingerprint density at radius 3 is 2.59 bits per heavy atom. The number of benzene rings is 1. The van der Waals surface area contributed by atoms with Gasteiger partial charge in [-0.2, -0.15) is 0 Å². The molecule has 2 aromatic rings. The minimum absolute atomic E-state index is 0.0432. The van der Waals surface area contributed by atoms with Crippen molar-refractivity contribution in [3.63, 3.8) is 0 Å². The topological polar surface area (TPSA) is 107 Å². The van der Waals surface area contributed by atoms with Gasteiger partial charge in [0.1, 0.15) is 17.3 Å². The lowest BCUT2D eigenvalue weighted by Crippen LogP contribution is -2.31. The number of carboxylic acid groups (broad SMARTS) is 1. The van der Waals surface area contributed by atoms with Gasteiger partial charge in [-0.05, 0) is 49.8 Å². The van der Waals surface area contributed by atoms with Crippen LogP contribution in [-0.2, 0) is 16.8 Å². The second kappa shape index (κ2) is 10.5. The van der Waals surface area contributed by atoms with Crippen molar-refractivity contribution in [3.8, 4) is 5.75 Å². The van der Waals surface area contributed by atoms with E-state index in [1.165, 1.54) is 0 Å². The average molecular weight is 507 g/mol. The maximum atomic E-state index is 13.6. The third kappa shape index (κ3) is 5.95. The van der Waals surface area contributed by atoms with Crippen LogP contribution in [0.5, 0.6) is 5.75 Å². The number of carbonyl (C=O) groups excluding carboxylic acids is 1. The second-order valence-corrected chi connectivity index (χ2v) is 11.1. The molecule has 1 saturated carbocycles.